The lowest BCUT2D eigenvalue weighted by molar-refractivity contribution is 0.660. The molecule has 11 aromatic carbocycles. The molecular weight excluding hydrogens is 905 g/mol. The zero-order chi connectivity index (χ0) is 50.0. The topological polar surface area (TPSA) is 6.48 Å². The molecule has 0 N–H and O–H groups in total. The predicted molar refractivity (Wildman–Crippen MR) is 320 cm³/mol. The van der Waals surface area contributed by atoms with Gasteiger partial charge in [0.15, 0.2) is 0 Å². The Kier molecular flexibility index (Phi) is 10.8. The maximum Gasteiger partial charge on any atom is 0.0540 e. The molecule has 3 aliphatic carbocycles. The maximum absolute atomic E-state index is 2.52. The molecule has 75 heavy (non-hydrogen) atoms. The van der Waals surface area contributed by atoms with Crippen molar-refractivity contribution < 1.29 is 0 Å². The molecule has 2 nitrogen and oxygen atoms in total. The molecule has 0 bridgehead atoms. The van der Waals surface area contributed by atoms with Crippen molar-refractivity contribution >= 4 is 66.8 Å². The van der Waals surface area contributed by atoms with Crippen LogP contribution in [0.5, 0.6) is 0 Å². The molecule has 0 aliphatic heterocycles. The number of aryl methyl sites for hydroxylation is 1. The second-order valence-corrected chi connectivity index (χ2v) is 21.0. The summed E-state index contributed by atoms with van der Waals surface area (Å²) in [6, 6.07) is 84.4. The number of fused-ring (bicyclic) bond motifs is 7. The highest BCUT2D eigenvalue weighted by atomic mass is 15.2. The zero-order valence-electron chi connectivity index (χ0n) is 42.5. The first kappa shape index (κ1) is 44.7. The van der Waals surface area contributed by atoms with E-state index in [1.807, 2.05) is 0 Å². The Bertz CT molecular complexity index is 4130. The molecule has 0 saturated carbocycles. The smallest absolute Gasteiger partial charge is 0.0540 e. The van der Waals surface area contributed by atoms with Crippen LogP contribution in [0.4, 0.5) is 28.4 Å². The van der Waals surface area contributed by atoms with E-state index >= 15 is 0 Å². The lowest BCUT2D eigenvalue weighted by atomic mass is 9.80. The second-order valence-electron chi connectivity index (χ2n) is 21.0. The van der Waals surface area contributed by atoms with Gasteiger partial charge in [-0.25, -0.2) is 0 Å². The van der Waals surface area contributed by atoms with Gasteiger partial charge in [0.05, 0.1) is 5.69 Å². The van der Waals surface area contributed by atoms with E-state index in [4.69, 9.17) is 0 Å². The van der Waals surface area contributed by atoms with Crippen LogP contribution in [0, 0.1) is 0 Å². The van der Waals surface area contributed by atoms with Gasteiger partial charge in [-0.05, 0) is 186 Å². The largest absolute Gasteiger partial charge is 0.314 e. The van der Waals surface area contributed by atoms with Crippen LogP contribution in [-0.2, 0) is 11.8 Å². The summed E-state index contributed by atoms with van der Waals surface area (Å²) in [6.07, 6.45) is 15.5. The number of benzene rings is 11. The Hall–Kier alpha value is -8.98. The Labute approximate surface area is 440 Å². The SMILES string of the molecule is CC1(C)c2ccccc2-c2ccc(-c3c4ccc(N(C5=CC=CCC5)c5ccccc5)cc4c(-c4ccc(-c5ccc6c(c5)CCC=C6)cc4)c4ccc(N(c5ccccc5)c5cccc6ccccc56)cc34)cc21. The Morgan fingerprint density at radius 3 is 1.76 bits per heavy atom. The fraction of sp³-hybridized carbons (Fsp3) is 0.0959. The first-order chi connectivity index (χ1) is 37.0. The average Bonchev–Trinajstić information content (AvgIpc) is 3.70. The molecule has 358 valence electrons. The van der Waals surface area contributed by atoms with Gasteiger partial charge in [0.1, 0.15) is 0 Å². The predicted octanol–water partition coefficient (Wildman–Crippen LogP) is 20.3. The minimum absolute atomic E-state index is 0.168. The summed E-state index contributed by atoms with van der Waals surface area (Å²) in [4.78, 5) is 4.93. The lowest BCUT2D eigenvalue weighted by Gasteiger charge is -2.30. The highest BCUT2D eigenvalue weighted by Gasteiger charge is 2.36. The van der Waals surface area contributed by atoms with Crippen LogP contribution in [0.15, 0.2) is 254 Å². The summed E-state index contributed by atoms with van der Waals surface area (Å²) in [6.45, 7) is 4.79. The summed E-state index contributed by atoms with van der Waals surface area (Å²) in [5, 5.41) is 7.29. The standard InChI is InChI=1S/C73H56N2/c1-73(2)68-31-17-16-30-62(68)63-42-39-55(46-69(63)73)72-65-43-40-59(74(56-23-6-3-7-24-56)57-25-8-4-9-26-57)47-66(65)71(52-36-33-50(34-37-52)54-38-35-49-19-12-13-21-53(49)45-54)64-44-41-60(48-67(64)72)75(58-27-10-5-11-28-58)70-32-18-22-51-20-14-15-29-61(51)70/h3-8,10-12,14-20,22-25,27-48H,9,13,21,26H2,1-2H3. The van der Waals surface area contributed by atoms with E-state index in [-0.39, 0.29) is 5.41 Å². The van der Waals surface area contributed by atoms with Crippen molar-refractivity contribution in [3.05, 3.63) is 277 Å². The van der Waals surface area contributed by atoms with E-state index in [0.29, 0.717) is 0 Å². The first-order valence-corrected chi connectivity index (χ1v) is 26.7. The summed E-state index contributed by atoms with van der Waals surface area (Å²) in [7, 11) is 0. The van der Waals surface area contributed by atoms with Crippen LogP contribution in [0.1, 0.15) is 55.4 Å². The van der Waals surface area contributed by atoms with E-state index in [0.717, 1.165) is 54.1 Å². The fourth-order valence-corrected chi connectivity index (χ4v) is 12.6. The Balaban J connectivity index is 1.07. The molecule has 0 spiro atoms. The van der Waals surface area contributed by atoms with Crippen molar-refractivity contribution in [2.24, 2.45) is 0 Å². The van der Waals surface area contributed by atoms with Crippen LogP contribution in [0.25, 0.3) is 82.9 Å². The monoisotopic (exact) mass is 960 g/mol. The first-order valence-electron chi connectivity index (χ1n) is 26.7. The Morgan fingerprint density at radius 2 is 1.00 bits per heavy atom. The molecule has 0 fully saturated rings. The molecule has 11 aromatic rings. The van der Waals surface area contributed by atoms with Crippen LogP contribution < -0.4 is 9.80 Å². The molecular formula is C73H56N2. The fourth-order valence-electron chi connectivity index (χ4n) is 12.6. The number of para-hydroxylation sites is 2. The number of anilines is 5. The van der Waals surface area contributed by atoms with Gasteiger partial charge in [-0.15, -0.1) is 0 Å². The van der Waals surface area contributed by atoms with Crippen molar-refractivity contribution in [1.82, 2.24) is 0 Å². The minimum Gasteiger partial charge on any atom is -0.314 e. The third kappa shape index (κ3) is 7.63. The number of allylic oxidation sites excluding steroid dienone is 5. The average molecular weight is 961 g/mol. The third-order valence-electron chi connectivity index (χ3n) is 16.3. The van der Waals surface area contributed by atoms with Crippen LogP contribution in [0.3, 0.4) is 0 Å². The van der Waals surface area contributed by atoms with Gasteiger partial charge in [-0.3, -0.25) is 0 Å². The van der Waals surface area contributed by atoms with E-state index in [1.165, 1.54) is 105 Å². The summed E-state index contributed by atoms with van der Waals surface area (Å²) in [5.74, 6) is 0. The van der Waals surface area contributed by atoms with Gasteiger partial charge in [-0.1, -0.05) is 202 Å². The van der Waals surface area contributed by atoms with Gasteiger partial charge in [0, 0.05) is 39.2 Å². The van der Waals surface area contributed by atoms with Crippen molar-refractivity contribution in [3.63, 3.8) is 0 Å². The highest BCUT2D eigenvalue weighted by molar-refractivity contribution is 6.23. The summed E-state index contributed by atoms with van der Waals surface area (Å²) >= 11 is 0. The van der Waals surface area contributed by atoms with Gasteiger partial charge in [-0.2, -0.15) is 0 Å². The number of hydrogen-bond acceptors (Lipinski definition) is 2. The van der Waals surface area contributed by atoms with Gasteiger partial charge in [0.25, 0.3) is 0 Å². The molecule has 0 aromatic heterocycles. The van der Waals surface area contributed by atoms with E-state index in [1.54, 1.807) is 0 Å². The van der Waals surface area contributed by atoms with E-state index in [9.17, 15) is 0 Å². The van der Waals surface area contributed by atoms with Crippen LogP contribution in [-0.4, -0.2) is 0 Å². The molecule has 14 rings (SSSR count). The molecule has 0 amide bonds. The third-order valence-corrected chi connectivity index (χ3v) is 16.3. The summed E-state index contributed by atoms with van der Waals surface area (Å²) in [5.41, 5.74) is 22.3. The van der Waals surface area contributed by atoms with Gasteiger partial charge < -0.3 is 9.80 Å². The second kappa shape index (κ2) is 18.2. The number of hydrogen-bond donors (Lipinski definition) is 0. The van der Waals surface area contributed by atoms with E-state index in [2.05, 4.69) is 278 Å². The molecule has 0 radical (unpaired) electrons. The molecule has 2 heteroatoms. The molecule has 0 saturated heterocycles. The summed E-state index contributed by atoms with van der Waals surface area (Å²) < 4.78 is 0. The minimum atomic E-state index is -0.168. The molecule has 0 unspecified atom stereocenters. The number of nitrogens with zero attached hydrogens (tertiary/aromatic N) is 2. The normalized spacial score (nSPS) is 14.1. The van der Waals surface area contributed by atoms with Crippen molar-refractivity contribution in [2.75, 3.05) is 9.80 Å². The van der Waals surface area contributed by atoms with Gasteiger partial charge >= 0.3 is 0 Å². The highest BCUT2D eigenvalue weighted by Crippen LogP contribution is 2.53. The van der Waals surface area contributed by atoms with Crippen molar-refractivity contribution in [1.29, 1.82) is 0 Å². The maximum atomic E-state index is 2.52. The molecule has 0 atom stereocenters. The van der Waals surface area contributed by atoms with E-state index < -0.39 is 0 Å². The van der Waals surface area contributed by atoms with Crippen molar-refractivity contribution in [3.8, 4) is 44.5 Å². The van der Waals surface area contributed by atoms with Crippen LogP contribution in [0.2, 0.25) is 0 Å². The quantitative estimate of drug-likeness (QED) is 0.133. The molecule has 3 aliphatic rings. The lowest BCUT2D eigenvalue weighted by Crippen LogP contribution is -2.17. The Morgan fingerprint density at radius 1 is 0.387 bits per heavy atom. The number of rotatable bonds is 9. The van der Waals surface area contributed by atoms with Crippen molar-refractivity contribution in [2.45, 2.75) is 44.9 Å². The molecule has 0 heterocycles. The van der Waals surface area contributed by atoms with Gasteiger partial charge in [0.2, 0.25) is 0 Å². The zero-order valence-corrected chi connectivity index (χ0v) is 42.5. The van der Waals surface area contributed by atoms with Crippen LogP contribution >= 0.6 is 0 Å².